The van der Waals surface area contributed by atoms with E-state index in [9.17, 15) is 0 Å². The minimum atomic E-state index is -0.173. The van der Waals surface area contributed by atoms with Crippen molar-refractivity contribution >= 4 is 15.9 Å². The van der Waals surface area contributed by atoms with Gasteiger partial charge in [0.05, 0.1) is 0 Å². The Morgan fingerprint density at radius 1 is 1.46 bits per heavy atom. The summed E-state index contributed by atoms with van der Waals surface area (Å²) in [6.07, 6.45) is 2.42. The maximum Gasteiger partial charge on any atom is 0.217 e. The molecular weight excluding hydrogens is 232 g/mol. The molecule has 0 atom stereocenters. The Morgan fingerprint density at radius 2 is 2.15 bits per heavy atom. The standard InChI is InChI=1S/C9H13BrN2O/c1-4-9(2,3)13-8-5-7(10)11-6-12-8/h5-6H,4H2,1-3H3. The van der Waals surface area contributed by atoms with Crippen LogP contribution in [0.2, 0.25) is 0 Å². The second-order valence-electron chi connectivity index (χ2n) is 3.39. The van der Waals surface area contributed by atoms with Gasteiger partial charge in [-0.1, -0.05) is 6.92 Å². The van der Waals surface area contributed by atoms with Gasteiger partial charge >= 0.3 is 0 Å². The van der Waals surface area contributed by atoms with Gasteiger partial charge in [-0.15, -0.1) is 0 Å². The fraction of sp³-hybridized carbons (Fsp3) is 0.556. The molecule has 0 aliphatic carbocycles. The van der Waals surface area contributed by atoms with Crippen LogP contribution in [0.25, 0.3) is 0 Å². The molecular formula is C9H13BrN2O. The van der Waals surface area contributed by atoms with Gasteiger partial charge in [0.15, 0.2) is 0 Å². The van der Waals surface area contributed by atoms with E-state index in [2.05, 4.69) is 32.8 Å². The zero-order valence-electron chi connectivity index (χ0n) is 8.04. The lowest BCUT2D eigenvalue weighted by atomic mass is 10.1. The van der Waals surface area contributed by atoms with Gasteiger partial charge in [-0.3, -0.25) is 0 Å². The van der Waals surface area contributed by atoms with E-state index in [1.807, 2.05) is 13.8 Å². The van der Waals surface area contributed by atoms with E-state index < -0.39 is 0 Å². The van der Waals surface area contributed by atoms with Crippen LogP contribution in [0.4, 0.5) is 0 Å². The quantitative estimate of drug-likeness (QED) is 0.768. The smallest absolute Gasteiger partial charge is 0.217 e. The summed E-state index contributed by atoms with van der Waals surface area (Å²) in [6.45, 7) is 6.14. The van der Waals surface area contributed by atoms with Crippen molar-refractivity contribution in [3.8, 4) is 5.88 Å². The van der Waals surface area contributed by atoms with Crippen LogP contribution in [0.15, 0.2) is 17.0 Å². The number of aromatic nitrogens is 2. The third-order valence-corrected chi connectivity index (χ3v) is 2.27. The van der Waals surface area contributed by atoms with E-state index in [0.29, 0.717) is 5.88 Å². The highest BCUT2D eigenvalue weighted by Gasteiger charge is 2.17. The molecule has 0 saturated carbocycles. The van der Waals surface area contributed by atoms with E-state index in [1.165, 1.54) is 6.33 Å². The summed E-state index contributed by atoms with van der Waals surface area (Å²) in [5.41, 5.74) is -0.173. The number of halogens is 1. The highest BCUT2D eigenvalue weighted by Crippen LogP contribution is 2.19. The number of hydrogen-bond acceptors (Lipinski definition) is 3. The van der Waals surface area contributed by atoms with E-state index in [1.54, 1.807) is 6.07 Å². The Morgan fingerprint density at radius 3 is 2.69 bits per heavy atom. The molecule has 1 aromatic heterocycles. The predicted octanol–water partition coefficient (Wildman–Crippen LogP) is 2.81. The fourth-order valence-corrected chi connectivity index (χ4v) is 1.02. The van der Waals surface area contributed by atoms with Crippen molar-refractivity contribution in [3.05, 3.63) is 17.0 Å². The highest BCUT2D eigenvalue weighted by atomic mass is 79.9. The molecule has 1 heterocycles. The van der Waals surface area contributed by atoms with Gasteiger partial charge in [0, 0.05) is 6.07 Å². The van der Waals surface area contributed by atoms with E-state index in [4.69, 9.17) is 4.74 Å². The lowest BCUT2D eigenvalue weighted by molar-refractivity contribution is 0.0987. The van der Waals surface area contributed by atoms with Crippen molar-refractivity contribution in [3.63, 3.8) is 0 Å². The average molecular weight is 245 g/mol. The summed E-state index contributed by atoms with van der Waals surface area (Å²) in [5.74, 6) is 0.605. The first-order chi connectivity index (χ1) is 6.03. The molecule has 0 aliphatic rings. The number of hydrogen-bond donors (Lipinski definition) is 0. The highest BCUT2D eigenvalue weighted by molar-refractivity contribution is 9.10. The largest absolute Gasteiger partial charge is 0.472 e. The molecule has 0 amide bonds. The molecule has 13 heavy (non-hydrogen) atoms. The number of nitrogens with zero attached hydrogens (tertiary/aromatic N) is 2. The topological polar surface area (TPSA) is 35.0 Å². The van der Waals surface area contributed by atoms with Crippen molar-refractivity contribution in [2.45, 2.75) is 32.8 Å². The maximum atomic E-state index is 5.65. The summed E-state index contributed by atoms with van der Waals surface area (Å²) in [4.78, 5) is 7.93. The monoisotopic (exact) mass is 244 g/mol. The van der Waals surface area contributed by atoms with Gasteiger partial charge in [0.2, 0.25) is 5.88 Å². The van der Waals surface area contributed by atoms with Gasteiger partial charge in [-0.25, -0.2) is 9.97 Å². The summed E-state index contributed by atoms with van der Waals surface area (Å²) in [7, 11) is 0. The first kappa shape index (κ1) is 10.4. The van der Waals surface area contributed by atoms with Crippen LogP contribution in [0, 0.1) is 0 Å². The van der Waals surface area contributed by atoms with Crippen LogP contribution in [-0.4, -0.2) is 15.6 Å². The molecule has 0 aromatic carbocycles. The summed E-state index contributed by atoms with van der Waals surface area (Å²) < 4.78 is 6.39. The molecule has 0 unspecified atom stereocenters. The number of ether oxygens (including phenoxy) is 1. The van der Waals surface area contributed by atoms with E-state index in [-0.39, 0.29) is 5.60 Å². The van der Waals surface area contributed by atoms with Gasteiger partial charge in [0.25, 0.3) is 0 Å². The fourth-order valence-electron chi connectivity index (χ4n) is 0.728. The van der Waals surface area contributed by atoms with Crippen molar-refractivity contribution in [2.75, 3.05) is 0 Å². The van der Waals surface area contributed by atoms with Gasteiger partial charge in [-0.2, -0.15) is 0 Å². The molecule has 0 fully saturated rings. The minimum Gasteiger partial charge on any atom is -0.472 e. The summed E-state index contributed by atoms with van der Waals surface area (Å²) in [5, 5.41) is 0. The molecule has 0 radical (unpaired) electrons. The first-order valence-electron chi connectivity index (χ1n) is 4.20. The second-order valence-corrected chi connectivity index (χ2v) is 4.21. The summed E-state index contributed by atoms with van der Waals surface area (Å²) >= 11 is 3.26. The van der Waals surface area contributed by atoms with Crippen molar-refractivity contribution in [1.29, 1.82) is 0 Å². The molecule has 0 bridgehead atoms. The van der Waals surface area contributed by atoms with Gasteiger partial charge < -0.3 is 4.74 Å². The normalized spacial score (nSPS) is 11.4. The Hall–Kier alpha value is -0.640. The first-order valence-corrected chi connectivity index (χ1v) is 4.99. The molecule has 1 aromatic rings. The average Bonchev–Trinajstić information content (AvgIpc) is 2.03. The molecule has 0 spiro atoms. The Bertz CT molecular complexity index is 289. The van der Waals surface area contributed by atoms with Crippen molar-refractivity contribution in [1.82, 2.24) is 9.97 Å². The third-order valence-electron chi connectivity index (χ3n) is 1.84. The Balaban J connectivity index is 2.74. The van der Waals surface area contributed by atoms with Crippen LogP contribution in [0.3, 0.4) is 0 Å². The predicted molar refractivity (Wildman–Crippen MR) is 54.7 cm³/mol. The van der Waals surface area contributed by atoms with Crippen LogP contribution >= 0.6 is 15.9 Å². The molecule has 0 N–H and O–H groups in total. The zero-order chi connectivity index (χ0) is 9.90. The lowest BCUT2D eigenvalue weighted by Crippen LogP contribution is -2.27. The van der Waals surface area contributed by atoms with Crippen LogP contribution in [0.1, 0.15) is 27.2 Å². The molecule has 3 nitrogen and oxygen atoms in total. The molecule has 4 heteroatoms. The van der Waals surface area contributed by atoms with E-state index in [0.717, 1.165) is 11.0 Å². The van der Waals surface area contributed by atoms with Crippen molar-refractivity contribution in [2.24, 2.45) is 0 Å². The van der Waals surface area contributed by atoms with Gasteiger partial charge in [-0.05, 0) is 36.2 Å². The minimum absolute atomic E-state index is 0.173. The maximum absolute atomic E-state index is 5.65. The molecule has 0 aliphatic heterocycles. The SMILES string of the molecule is CCC(C)(C)Oc1cc(Br)ncn1. The third kappa shape index (κ3) is 3.30. The Labute approximate surface area is 86.7 Å². The summed E-state index contributed by atoms with van der Waals surface area (Å²) in [6, 6.07) is 1.76. The van der Waals surface area contributed by atoms with Crippen LogP contribution in [-0.2, 0) is 0 Å². The zero-order valence-corrected chi connectivity index (χ0v) is 9.63. The molecule has 72 valence electrons. The van der Waals surface area contributed by atoms with Gasteiger partial charge in [0.1, 0.15) is 16.5 Å². The van der Waals surface area contributed by atoms with Crippen LogP contribution in [0.5, 0.6) is 5.88 Å². The molecule has 0 saturated heterocycles. The lowest BCUT2D eigenvalue weighted by Gasteiger charge is -2.23. The van der Waals surface area contributed by atoms with Crippen molar-refractivity contribution < 1.29 is 4.74 Å². The Kier molecular flexibility index (Phi) is 3.25. The molecule has 1 rings (SSSR count). The second kappa shape index (κ2) is 4.05. The van der Waals surface area contributed by atoms with E-state index >= 15 is 0 Å². The number of rotatable bonds is 3. The van der Waals surface area contributed by atoms with Crippen LogP contribution < -0.4 is 4.74 Å².